The molecule has 0 aliphatic heterocycles. The van der Waals surface area contributed by atoms with Crippen LogP contribution in [0.1, 0.15) is 19.2 Å². The molecular weight excluding hydrogens is 448 g/mol. The molecule has 0 atom stereocenters. The first-order valence-electron chi connectivity index (χ1n) is 18.5. The second kappa shape index (κ2) is 7.81. The third-order valence-electron chi connectivity index (χ3n) is 6.64. The summed E-state index contributed by atoms with van der Waals surface area (Å²) in [6, 6.07) is 7.79. The van der Waals surface area contributed by atoms with Gasteiger partial charge in [-0.25, -0.2) is 0 Å². The zero-order valence-electron chi connectivity index (χ0n) is 33.0. The lowest BCUT2D eigenvalue weighted by molar-refractivity contribution is 0.669. The Morgan fingerprint density at radius 2 is 1.00 bits per heavy atom. The van der Waals surface area contributed by atoms with Crippen LogP contribution < -0.4 is 0 Å². The third-order valence-corrected chi connectivity index (χ3v) is 6.64. The van der Waals surface area contributed by atoms with Crippen LogP contribution in [-0.2, 0) is 0 Å². The maximum atomic E-state index is 9.16. The standard InChI is InChI=1S/C36H22O/c1-2-10-23(11-3-1)35-28-14-6-8-16-30(28)36(31-17-9-7-15-29(31)35)26-18-19-27-32-20-24-12-4-5-13-25(24)21-34(32)37-33(27)22-26/h1-22H/i1D,2D,3D,4D,5D,6D,7D,8D,9D,12D,13D,19D,20D,21D. The van der Waals surface area contributed by atoms with E-state index in [4.69, 9.17) is 23.6 Å². The van der Waals surface area contributed by atoms with Gasteiger partial charge in [0.1, 0.15) is 11.2 Å². The maximum absolute atomic E-state index is 9.16. The summed E-state index contributed by atoms with van der Waals surface area (Å²) in [4.78, 5) is 0. The number of rotatable bonds is 2. The summed E-state index contributed by atoms with van der Waals surface area (Å²) >= 11 is 0. The summed E-state index contributed by atoms with van der Waals surface area (Å²) in [6.07, 6.45) is 0. The highest BCUT2D eigenvalue weighted by Gasteiger charge is 2.17. The predicted octanol–water partition coefficient (Wildman–Crippen LogP) is 10.4. The van der Waals surface area contributed by atoms with E-state index in [1.807, 2.05) is 0 Å². The van der Waals surface area contributed by atoms with E-state index in [1.54, 1.807) is 6.07 Å². The Kier molecular flexibility index (Phi) is 2.33. The number of furan rings is 1. The minimum atomic E-state index is -0.552. The van der Waals surface area contributed by atoms with Gasteiger partial charge in [-0.15, -0.1) is 0 Å². The van der Waals surface area contributed by atoms with Crippen LogP contribution in [0.25, 0.3) is 76.5 Å². The van der Waals surface area contributed by atoms with Gasteiger partial charge >= 0.3 is 0 Å². The molecule has 172 valence electrons. The Bertz CT molecular complexity index is 2820. The molecule has 0 bridgehead atoms. The van der Waals surface area contributed by atoms with Gasteiger partial charge in [0, 0.05) is 10.8 Å². The minimum absolute atomic E-state index is 0.0453. The first-order valence-corrected chi connectivity index (χ1v) is 11.5. The zero-order chi connectivity index (χ0) is 36.5. The largest absolute Gasteiger partial charge is 0.456 e. The lowest BCUT2D eigenvalue weighted by Gasteiger charge is -2.17. The Morgan fingerprint density at radius 1 is 0.432 bits per heavy atom. The SMILES string of the molecule is [2H]c1cc2c(-c3cc([2H])c([2H])c([2H])c3)c3cc([2H])c([2H])cc3c(-c3cc([2H])c4c(c3)oc3c([2H])c5c([2H])c([2H])c([2H])c([2H])c5c([2H])c34)c2cc1[2H]. The molecule has 0 aliphatic carbocycles. The van der Waals surface area contributed by atoms with Crippen molar-refractivity contribution >= 4 is 54.3 Å². The quantitative estimate of drug-likeness (QED) is 0.222. The number of hydrogen-bond acceptors (Lipinski definition) is 1. The highest BCUT2D eigenvalue weighted by Crippen LogP contribution is 2.44. The van der Waals surface area contributed by atoms with E-state index < -0.39 is 24.2 Å². The summed E-state index contributed by atoms with van der Waals surface area (Å²) in [5.41, 5.74) is 1.57. The summed E-state index contributed by atoms with van der Waals surface area (Å²) in [5.74, 6) is 0. The summed E-state index contributed by atoms with van der Waals surface area (Å²) in [5, 5.41) is 1.57. The molecular formula is C36H22O. The van der Waals surface area contributed by atoms with E-state index in [9.17, 15) is 0 Å². The monoisotopic (exact) mass is 484 g/mol. The molecule has 0 radical (unpaired) electrons. The molecule has 1 heteroatoms. The first kappa shape index (κ1) is 11.0. The van der Waals surface area contributed by atoms with E-state index in [1.165, 1.54) is 42.5 Å². The normalized spacial score (nSPS) is 17.1. The van der Waals surface area contributed by atoms with Crippen molar-refractivity contribution in [3.8, 4) is 22.3 Å². The molecule has 0 spiro atoms. The van der Waals surface area contributed by atoms with E-state index in [-0.39, 0.29) is 93.1 Å². The van der Waals surface area contributed by atoms with Gasteiger partial charge in [-0.2, -0.15) is 0 Å². The Labute approximate surface area is 233 Å². The van der Waals surface area contributed by atoms with Crippen LogP contribution in [0.4, 0.5) is 0 Å². The molecule has 8 aromatic rings. The lowest BCUT2D eigenvalue weighted by atomic mass is 9.86. The minimum Gasteiger partial charge on any atom is -0.456 e. The third kappa shape index (κ3) is 3.04. The molecule has 0 fully saturated rings. The fraction of sp³-hybridized carbons (Fsp3) is 0. The molecule has 7 aromatic carbocycles. The van der Waals surface area contributed by atoms with Gasteiger partial charge in [0.05, 0.1) is 19.2 Å². The highest BCUT2D eigenvalue weighted by molar-refractivity contribution is 6.22. The van der Waals surface area contributed by atoms with E-state index in [0.29, 0.717) is 43.8 Å². The molecule has 8 rings (SSSR count). The molecule has 0 amide bonds. The molecule has 0 saturated heterocycles. The van der Waals surface area contributed by atoms with E-state index in [2.05, 4.69) is 0 Å². The van der Waals surface area contributed by atoms with E-state index >= 15 is 0 Å². The fourth-order valence-electron chi connectivity index (χ4n) is 5.08. The van der Waals surface area contributed by atoms with Gasteiger partial charge in [-0.1, -0.05) is 109 Å². The van der Waals surface area contributed by atoms with Crippen molar-refractivity contribution in [2.75, 3.05) is 0 Å². The predicted molar refractivity (Wildman–Crippen MR) is 157 cm³/mol. The van der Waals surface area contributed by atoms with Crippen molar-refractivity contribution < 1.29 is 23.6 Å². The summed E-state index contributed by atoms with van der Waals surface area (Å²) < 4.78 is 125. The second-order valence-electron chi connectivity index (χ2n) is 8.65. The topological polar surface area (TPSA) is 13.1 Å². The molecule has 1 aromatic heterocycles. The Morgan fingerprint density at radius 3 is 1.65 bits per heavy atom. The lowest BCUT2D eigenvalue weighted by Crippen LogP contribution is -1.90. The van der Waals surface area contributed by atoms with Crippen molar-refractivity contribution in [2.45, 2.75) is 0 Å². The molecule has 0 aliphatic rings. The zero-order valence-corrected chi connectivity index (χ0v) is 19.0. The summed E-state index contributed by atoms with van der Waals surface area (Å²) in [6.45, 7) is 0. The number of hydrogen-bond donors (Lipinski definition) is 0. The smallest absolute Gasteiger partial charge is 0.136 e. The number of fused-ring (bicyclic) bond motifs is 6. The van der Waals surface area contributed by atoms with Crippen LogP contribution in [0.5, 0.6) is 0 Å². The van der Waals surface area contributed by atoms with Crippen LogP contribution >= 0.6 is 0 Å². The highest BCUT2D eigenvalue weighted by atomic mass is 16.3. The first-order chi connectivity index (χ1) is 24.1. The molecule has 37 heavy (non-hydrogen) atoms. The van der Waals surface area contributed by atoms with Gasteiger partial charge < -0.3 is 4.42 Å². The van der Waals surface area contributed by atoms with Crippen molar-refractivity contribution in [3.05, 3.63) is 133 Å². The molecule has 0 unspecified atom stereocenters. The van der Waals surface area contributed by atoms with Gasteiger partial charge in [-0.3, -0.25) is 0 Å². The van der Waals surface area contributed by atoms with Crippen LogP contribution in [0.3, 0.4) is 0 Å². The Balaban J connectivity index is 1.54. The average molecular weight is 485 g/mol. The van der Waals surface area contributed by atoms with E-state index in [0.717, 1.165) is 0 Å². The summed E-state index contributed by atoms with van der Waals surface area (Å²) in [7, 11) is 0. The Hall–Kier alpha value is -4.88. The van der Waals surface area contributed by atoms with Crippen LogP contribution in [0.2, 0.25) is 0 Å². The van der Waals surface area contributed by atoms with Crippen LogP contribution in [0, 0.1) is 0 Å². The van der Waals surface area contributed by atoms with Gasteiger partial charge in [0.2, 0.25) is 0 Å². The van der Waals surface area contributed by atoms with Gasteiger partial charge in [-0.05, 0) is 78.8 Å². The molecule has 0 saturated carbocycles. The van der Waals surface area contributed by atoms with Crippen molar-refractivity contribution in [1.29, 1.82) is 0 Å². The molecule has 0 N–H and O–H groups in total. The van der Waals surface area contributed by atoms with Crippen molar-refractivity contribution in [1.82, 2.24) is 0 Å². The molecule has 1 nitrogen and oxygen atoms in total. The number of benzene rings is 7. The average Bonchev–Trinajstić information content (AvgIpc) is 3.48. The van der Waals surface area contributed by atoms with Crippen molar-refractivity contribution in [3.63, 3.8) is 0 Å². The maximum Gasteiger partial charge on any atom is 0.136 e. The van der Waals surface area contributed by atoms with Crippen molar-refractivity contribution in [2.24, 2.45) is 0 Å². The molecule has 1 heterocycles. The van der Waals surface area contributed by atoms with Crippen LogP contribution in [0.15, 0.2) is 138 Å². The van der Waals surface area contributed by atoms with Crippen LogP contribution in [-0.4, -0.2) is 0 Å². The van der Waals surface area contributed by atoms with Gasteiger partial charge in [0.25, 0.3) is 0 Å². The van der Waals surface area contributed by atoms with Gasteiger partial charge in [0.15, 0.2) is 0 Å². The second-order valence-corrected chi connectivity index (χ2v) is 8.65. The fourth-order valence-corrected chi connectivity index (χ4v) is 5.08.